The van der Waals surface area contributed by atoms with Crippen LogP contribution in [0.25, 0.3) is 22.3 Å². The van der Waals surface area contributed by atoms with Crippen LogP contribution in [0.4, 0.5) is 22.0 Å². The maximum absolute atomic E-state index is 12.1. The molecule has 13 heteroatoms. The number of alkyl carbamates (subject to hydrolysis) is 1. The minimum absolute atomic E-state index is 0.0643. The van der Waals surface area contributed by atoms with E-state index in [1.807, 2.05) is 51.4 Å². The zero-order valence-electron chi connectivity index (χ0n) is 30.2. The third-order valence-corrected chi connectivity index (χ3v) is 10.4. The number of benzene rings is 1. The summed E-state index contributed by atoms with van der Waals surface area (Å²) >= 11 is 0. The normalized spacial score (nSPS) is 15.9. The first-order chi connectivity index (χ1) is 23.9. The molecule has 0 radical (unpaired) electrons. The number of nitrogens with zero attached hydrogens (tertiary/aromatic N) is 7. The molecule has 6 rings (SSSR count). The van der Waals surface area contributed by atoms with Crippen molar-refractivity contribution in [1.29, 1.82) is 0 Å². The molecule has 5 heterocycles. The van der Waals surface area contributed by atoms with Gasteiger partial charge in [0.2, 0.25) is 0 Å². The number of amides is 1. The number of rotatable bonds is 12. The second-order valence-corrected chi connectivity index (χ2v) is 20.8. The summed E-state index contributed by atoms with van der Waals surface area (Å²) in [5.41, 5.74) is 5.34. The number of morpholine rings is 1. The van der Waals surface area contributed by atoms with Crippen molar-refractivity contribution in [2.24, 2.45) is 4.99 Å². The average Bonchev–Trinajstić information content (AvgIpc) is 3.43. The van der Waals surface area contributed by atoms with E-state index in [1.165, 1.54) is 0 Å². The number of nitrogens with one attached hydrogen (secondary N) is 1. The minimum atomic E-state index is -1.22. The van der Waals surface area contributed by atoms with Crippen molar-refractivity contribution >= 4 is 48.6 Å². The minimum Gasteiger partial charge on any atom is -0.444 e. The molecule has 3 aromatic heterocycles. The highest BCUT2D eigenvalue weighted by molar-refractivity contribution is 6.76. The molecule has 0 saturated carbocycles. The van der Waals surface area contributed by atoms with E-state index in [9.17, 15) is 4.79 Å². The summed E-state index contributed by atoms with van der Waals surface area (Å²) in [5.74, 6) is 0.936. The summed E-state index contributed by atoms with van der Waals surface area (Å²) in [7, 11) is -1.22. The van der Waals surface area contributed by atoms with Crippen LogP contribution in [0.2, 0.25) is 25.7 Å². The van der Waals surface area contributed by atoms with Gasteiger partial charge >= 0.3 is 6.09 Å². The number of carbonyl (C=O) groups is 1. The van der Waals surface area contributed by atoms with Crippen molar-refractivity contribution in [1.82, 2.24) is 24.8 Å². The number of pyridine rings is 1. The molecule has 0 spiro atoms. The molecular weight excluding hydrogens is 649 g/mol. The quantitative estimate of drug-likeness (QED) is 0.103. The molecule has 2 aliphatic heterocycles. The Labute approximate surface area is 295 Å². The summed E-state index contributed by atoms with van der Waals surface area (Å²) in [4.78, 5) is 35.3. The maximum Gasteiger partial charge on any atom is 0.407 e. The Morgan fingerprint density at radius 2 is 1.80 bits per heavy atom. The van der Waals surface area contributed by atoms with Gasteiger partial charge in [-0.25, -0.2) is 14.8 Å². The smallest absolute Gasteiger partial charge is 0.407 e. The van der Waals surface area contributed by atoms with Gasteiger partial charge in [-0.05, 0) is 62.7 Å². The zero-order chi connectivity index (χ0) is 35.3. The lowest BCUT2D eigenvalue weighted by molar-refractivity contribution is 0.0496. The Kier molecular flexibility index (Phi) is 10.8. The van der Waals surface area contributed by atoms with Crippen LogP contribution in [0.3, 0.4) is 0 Å². The van der Waals surface area contributed by atoms with Crippen molar-refractivity contribution in [2.75, 3.05) is 55.8 Å². The highest BCUT2D eigenvalue weighted by Crippen LogP contribution is 2.33. The average molecular weight is 699 g/mol. The molecule has 0 bridgehead atoms. The first kappa shape index (κ1) is 35.5. The Hall–Kier alpha value is -4.33. The maximum atomic E-state index is 12.1. The van der Waals surface area contributed by atoms with Gasteiger partial charge in [0.15, 0.2) is 0 Å². The summed E-state index contributed by atoms with van der Waals surface area (Å²) in [5, 5.41) is 3.95. The van der Waals surface area contributed by atoms with Crippen molar-refractivity contribution in [3.05, 3.63) is 60.7 Å². The number of aliphatic imine (C=N–C) groups is 1. The fraction of sp³-hybridized carbons (Fsp3) is 0.486. The van der Waals surface area contributed by atoms with Crippen molar-refractivity contribution in [2.45, 2.75) is 71.3 Å². The van der Waals surface area contributed by atoms with E-state index in [1.54, 1.807) is 6.33 Å². The first-order valence-corrected chi connectivity index (χ1v) is 21.2. The van der Waals surface area contributed by atoms with Crippen molar-refractivity contribution in [3.8, 4) is 11.3 Å². The molecule has 4 aromatic rings. The second kappa shape index (κ2) is 15.3. The monoisotopic (exact) mass is 698 g/mol. The van der Waals surface area contributed by atoms with Crippen LogP contribution in [-0.4, -0.2) is 97.5 Å². The SMILES string of the molecule is CC(C)(C)OC(=O)NC1CN(c2ccnc(C/C=N/c3ccc(-c4cc5c(N6CCOCC6)ncnc5n4COCC[Si](C)(C)C)cc3)c2)C1. The van der Waals surface area contributed by atoms with Gasteiger partial charge in [0.05, 0.1) is 36.0 Å². The van der Waals surface area contributed by atoms with Gasteiger partial charge in [0.1, 0.15) is 30.1 Å². The number of aromatic nitrogens is 4. The highest BCUT2D eigenvalue weighted by atomic mass is 28.3. The number of carbonyl (C=O) groups excluding carboxylic acids is 1. The predicted molar refractivity (Wildman–Crippen MR) is 202 cm³/mol. The lowest BCUT2D eigenvalue weighted by atomic mass is 10.1. The molecule has 1 N–H and O–H groups in total. The third-order valence-electron chi connectivity index (χ3n) is 8.67. The summed E-state index contributed by atoms with van der Waals surface area (Å²) in [6.07, 6.45) is 5.61. The topological polar surface area (TPSA) is 119 Å². The highest BCUT2D eigenvalue weighted by Gasteiger charge is 2.30. The molecule has 0 atom stereocenters. The summed E-state index contributed by atoms with van der Waals surface area (Å²) in [6.45, 7) is 18.3. The lowest BCUT2D eigenvalue weighted by Gasteiger charge is -2.41. The number of hydrogen-bond acceptors (Lipinski definition) is 10. The Bertz CT molecular complexity index is 1790. The van der Waals surface area contributed by atoms with Crippen LogP contribution in [-0.2, 0) is 27.4 Å². The van der Waals surface area contributed by atoms with Gasteiger partial charge in [-0.15, -0.1) is 0 Å². The van der Waals surface area contributed by atoms with Crippen LogP contribution >= 0.6 is 0 Å². The fourth-order valence-electron chi connectivity index (χ4n) is 5.97. The molecule has 0 aliphatic carbocycles. The summed E-state index contributed by atoms with van der Waals surface area (Å²) in [6, 6.07) is 15.7. The van der Waals surface area contributed by atoms with E-state index in [2.05, 4.69) is 68.6 Å². The largest absolute Gasteiger partial charge is 0.444 e. The molecule has 12 nitrogen and oxygen atoms in total. The first-order valence-electron chi connectivity index (χ1n) is 17.5. The molecule has 2 saturated heterocycles. The van der Waals surface area contributed by atoms with Crippen molar-refractivity contribution in [3.63, 3.8) is 0 Å². The van der Waals surface area contributed by atoms with Gasteiger partial charge in [0.25, 0.3) is 0 Å². The Morgan fingerprint density at radius 3 is 2.52 bits per heavy atom. The molecule has 1 aromatic carbocycles. The molecule has 50 heavy (non-hydrogen) atoms. The van der Waals surface area contributed by atoms with Gasteiger partial charge in [-0.1, -0.05) is 31.8 Å². The van der Waals surface area contributed by atoms with Crippen LogP contribution in [0.1, 0.15) is 26.5 Å². The Morgan fingerprint density at radius 1 is 1.04 bits per heavy atom. The van der Waals surface area contributed by atoms with Crippen LogP contribution in [0, 0.1) is 0 Å². The van der Waals surface area contributed by atoms with Gasteiger partial charge in [-0.2, -0.15) is 0 Å². The third kappa shape index (κ3) is 9.26. The molecule has 2 aliphatic rings. The zero-order valence-corrected chi connectivity index (χ0v) is 31.2. The predicted octanol–water partition coefficient (Wildman–Crippen LogP) is 6.30. The van der Waals surface area contributed by atoms with E-state index >= 15 is 0 Å². The van der Waals surface area contributed by atoms with E-state index in [0.717, 1.165) is 84.0 Å². The van der Waals surface area contributed by atoms with Crippen LogP contribution in [0.15, 0.2) is 60.0 Å². The van der Waals surface area contributed by atoms with Crippen LogP contribution in [0.5, 0.6) is 0 Å². The number of ether oxygens (including phenoxy) is 3. The summed E-state index contributed by atoms with van der Waals surface area (Å²) < 4.78 is 19.4. The molecule has 2 fully saturated rings. The molecule has 0 unspecified atom stereocenters. The van der Waals surface area contributed by atoms with Gasteiger partial charge in [0, 0.05) is 71.1 Å². The van der Waals surface area contributed by atoms with Gasteiger partial charge < -0.3 is 33.9 Å². The Balaban J connectivity index is 1.12. The number of fused-ring (bicyclic) bond motifs is 1. The number of anilines is 2. The van der Waals surface area contributed by atoms with E-state index in [4.69, 9.17) is 29.2 Å². The molecule has 1 amide bonds. The molecular formula is C37H50N8O4Si. The lowest BCUT2D eigenvalue weighted by Crippen LogP contribution is -2.60. The van der Waals surface area contributed by atoms with Gasteiger partial charge in [-0.3, -0.25) is 9.98 Å². The second-order valence-electron chi connectivity index (χ2n) is 15.2. The van der Waals surface area contributed by atoms with Crippen molar-refractivity contribution < 1.29 is 19.0 Å². The van der Waals surface area contributed by atoms with E-state index < -0.39 is 13.7 Å². The van der Waals surface area contributed by atoms with E-state index in [-0.39, 0.29) is 12.1 Å². The van der Waals surface area contributed by atoms with Crippen LogP contribution < -0.4 is 15.1 Å². The standard InChI is InChI=1S/C37H50N8O4Si/c1-37(2,3)49-36(46)42-30-23-44(24-30)31-12-14-39-29(21-31)11-13-38-28-9-7-27(8-10-28)33-22-32-34(43-15-17-47-18-16-43)40-25-41-35(32)45(33)26-48-19-20-50(4,5)6/h7-10,12-14,21-22,25,30H,11,15-20,23-24,26H2,1-6H3,(H,42,46)/b38-13+. The fourth-order valence-corrected chi connectivity index (χ4v) is 6.73. The van der Waals surface area contributed by atoms with E-state index in [0.29, 0.717) is 26.4 Å². The molecule has 266 valence electrons. The number of hydrogen-bond donors (Lipinski definition) is 1.